The molecule has 0 spiro atoms. The minimum atomic E-state index is 0.159. The van der Waals surface area contributed by atoms with E-state index < -0.39 is 0 Å². The lowest BCUT2D eigenvalue weighted by molar-refractivity contribution is 0.115. The van der Waals surface area contributed by atoms with E-state index in [0.717, 1.165) is 64.9 Å². The molecule has 2 aromatic carbocycles. The zero-order valence-electron chi connectivity index (χ0n) is 17.1. The van der Waals surface area contributed by atoms with Crippen LogP contribution < -0.4 is 14.8 Å². The van der Waals surface area contributed by atoms with Gasteiger partial charge in [0.05, 0.1) is 29.7 Å². The molecule has 8 nitrogen and oxygen atoms in total. The normalized spacial score (nSPS) is 15.5. The van der Waals surface area contributed by atoms with E-state index in [4.69, 9.17) is 9.47 Å². The number of fused-ring (bicyclic) bond motifs is 2. The maximum atomic E-state index is 6.45. The van der Waals surface area contributed by atoms with Crippen LogP contribution in [0.25, 0.3) is 21.8 Å². The fourth-order valence-corrected chi connectivity index (χ4v) is 3.87. The van der Waals surface area contributed by atoms with Crippen LogP contribution in [-0.4, -0.2) is 58.4 Å². The quantitative estimate of drug-likeness (QED) is 0.524. The first-order valence-corrected chi connectivity index (χ1v) is 10.1. The molecule has 8 heteroatoms. The van der Waals surface area contributed by atoms with Gasteiger partial charge in [-0.2, -0.15) is 5.10 Å². The summed E-state index contributed by atoms with van der Waals surface area (Å²) in [7, 11) is 3.80. The number of methoxy groups -OCH3 is 1. The fourth-order valence-electron chi connectivity index (χ4n) is 3.87. The second-order valence-electron chi connectivity index (χ2n) is 7.66. The average Bonchev–Trinajstić information content (AvgIpc) is 3.23. The van der Waals surface area contributed by atoms with Crippen molar-refractivity contribution in [3.05, 3.63) is 42.9 Å². The molecule has 2 N–H and O–H groups in total. The van der Waals surface area contributed by atoms with Crippen molar-refractivity contribution in [3.8, 4) is 11.5 Å². The van der Waals surface area contributed by atoms with Crippen LogP contribution in [0.1, 0.15) is 12.8 Å². The Kier molecular flexibility index (Phi) is 4.84. The molecule has 5 rings (SSSR count). The Bertz CT molecular complexity index is 1180. The number of ether oxygens (including phenoxy) is 2. The van der Waals surface area contributed by atoms with Gasteiger partial charge in [-0.15, -0.1) is 0 Å². The van der Waals surface area contributed by atoms with Crippen molar-refractivity contribution in [2.24, 2.45) is 0 Å². The van der Waals surface area contributed by atoms with E-state index in [1.807, 2.05) is 30.3 Å². The molecule has 0 radical (unpaired) electrons. The summed E-state index contributed by atoms with van der Waals surface area (Å²) >= 11 is 0. The molecule has 1 fully saturated rings. The SMILES string of the molecule is COc1cc(OC2CCN(C)CC2)c2c(Nc3ccc4[nH]ncc4c3)ncnc2c1. The highest BCUT2D eigenvalue weighted by Gasteiger charge is 2.21. The number of rotatable bonds is 5. The summed E-state index contributed by atoms with van der Waals surface area (Å²) in [5, 5.41) is 12.4. The van der Waals surface area contributed by atoms with Crippen molar-refractivity contribution in [2.45, 2.75) is 18.9 Å². The number of hydrogen-bond acceptors (Lipinski definition) is 7. The fraction of sp³-hybridized carbons (Fsp3) is 0.318. The smallest absolute Gasteiger partial charge is 0.145 e. The Morgan fingerprint density at radius 2 is 2.00 bits per heavy atom. The van der Waals surface area contributed by atoms with Gasteiger partial charge < -0.3 is 19.7 Å². The molecule has 1 aliphatic heterocycles. The third-order valence-corrected chi connectivity index (χ3v) is 5.57. The van der Waals surface area contributed by atoms with Gasteiger partial charge in [0.2, 0.25) is 0 Å². The molecule has 154 valence electrons. The van der Waals surface area contributed by atoms with Crippen LogP contribution in [-0.2, 0) is 0 Å². The van der Waals surface area contributed by atoms with Gasteiger partial charge in [0.15, 0.2) is 0 Å². The highest BCUT2D eigenvalue weighted by Crippen LogP contribution is 2.37. The molecule has 0 bridgehead atoms. The maximum absolute atomic E-state index is 6.45. The Balaban J connectivity index is 1.54. The number of aromatic amines is 1. The molecule has 3 heterocycles. The predicted molar refractivity (Wildman–Crippen MR) is 117 cm³/mol. The number of benzene rings is 2. The number of piperidine rings is 1. The van der Waals surface area contributed by atoms with E-state index in [1.165, 1.54) is 0 Å². The first-order chi connectivity index (χ1) is 14.7. The summed E-state index contributed by atoms with van der Waals surface area (Å²) in [4.78, 5) is 11.3. The number of aromatic nitrogens is 4. The average molecular weight is 404 g/mol. The topological polar surface area (TPSA) is 88.2 Å². The Hall–Kier alpha value is -3.39. The number of hydrogen-bond donors (Lipinski definition) is 2. The Labute approximate surface area is 174 Å². The van der Waals surface area contributed by atoms with Crippen molar-refractivity contribution in [1.29, 1.82) is 0 Å². The third-order valence-electron chi connectivity index (χ3n) is 5.57. The molecule has 30 heavy (non-hydrogen) atoms. The number of anilines is 2. The largest absolute Gasteiger partial charge is 0.497 e. The van der Waals surface area contributed by atoms with Gasteiger partial charge in [0.25, 0.3) is 0 Å². The number of nitrogens with one attached hydrogen (secondary N) is 2. The first kappa shape index (κ1) is 18.6. The lowest BCUT2D eigenvalue weighted by atomic mass is 10.1. The minimum absolute atomic E-state index is 0.159. The Morgan fingerprint density at radius 1 is 1.13 bits per heavy atom. The summed E-state index contributed by atoms with van der Waals surface area (Å²) in [6.45, 7) is 2.05. The van der Waals surface area contributed by atoms with Crippen LogP contribution in [0.4, 0.5) is 11.5 Å². The van der Waals surface area contributed by atoms with Gasteiger partial charge in [0, 0.05) is 36.3 Å². The summed E-state index contributed by atoms with van der Waals surface area (Å²) in [6, 6.07) is 9.85. The van der Waals surface area contributed by atoms with Crippen molar-refractivity contribution in [1.82, 2.24) is 25.1 Å². The molecule has 1 aliphatic rings. The lowest BCUT2D eigenvalue weighted by Crippen LogP contribution is -2.35. The molecule has 0 aliphatic carbocycles. The van der Waals surface area contributed by atoms with Gasteiger partial charge in [-0.3, -0.25) is 5.10 Å². The molecular formula is C22H24N6O2. The Morgan fingerprint density at radius 3 is 2.83 bits per heavy atom. The van der Waals surface area contributed by atoms with Gasteiger partial charge >= 0.3 is 0 Å². The van der Waals surface area contributed by atoms with Crippen molar-refractivity contribution in [2.75, 3.05) is 32.6 Å². The van der Waals surface area contributed by atoms with Crippen molar-refractivity contribution in [3.63, 3.8) is 0 Å². The zero-order chi connectivity index (χ0) is 20.5. The van der Waals surface area contributed by atoms with Crippen molar-refractivity contribution < 1.29 is 9.47 Å². The molecule has 4 aromatic rings. The second kappa shape index (κ2) is 7.79. The molecule has 0 amide bonds. The van der Waals surface area contributed by atoms with E-state index in [9.17, 15) is 0 Å². The van der Waals surface area contributed by atoms with E-state index in [0.29, 0.717) is 5.82 Å². The number of likely N-dealkylation sites (tertiary alicyclic amines) is 1. The van der Waals surface area contributed by atoms with E-state index >= 15 is 0 Å². The molecule has 0 unspecified atom stereocenters. The monoisotopic (exact) mass is 404 g/mol. The van der Waals surface area contributed by atoms with Gasteiger partial charge in [-0.05, 0) is 38.1 Å². The molecular weight excluding hydrogens is 380 g/mol. The maximum Gasteiger partial charge on any atom is 0.145 e. The lowest BCUT2D eigenvalue weighted by Gasteiger charge is -2.29. The molecule has 1 saturated heterocycles. The number of nitrogens with zero attached hydrogens (tertiary/aromatic N) is 4. The summed E-state index contributed by atoms with van der Waals surface area (Å²) < 4.78 is 11.9. The van der Waals surface area contributed by atoms with Crippen LogP contribution in [0.2, 0.25) is 0 Å². The highest BCUT2D eigenvalue weighted by molar-refractivity contribution is 5.97. The minimum Gasteiger partial charge on any atom is -0.497 e. The summed E-state index contributed by atoms with van der Waals surface area (Å²) in [5.74, 6) is 2.16. The molecule has 0 saturated carbocycles. The van der Waals surface area contributed by atoms with E-state index in [1.54, 1.807) is 19.6 Å². The zero-order valence-corrected chi connectivity index (χ0v) is 17.1. The van der Waals surface area contributed by atoms with Gasteiger partial charge in [-0.1, -0.05) is 0 Å². The van der Waals surface area contributed by atoms with E-state index in [2.05, 4.69) is 37.4 Å². The molecule has 2 aromatic heterocycles. The molecule has 0 atom stereocenters. The van der Waals surface area contributed by atoms with Gasteiger partial charge in [0.1, 0.15) is 29.7 Å². The standard InChI is InChI=1S/C22H24N6O2/c1-28-7-5-16(6-8-28)30-20-11-17(29-2)10-19-21(20)22(24-13-23-19)26-15-3-4-18-14(9-15)12-25-27-18/h3-4,9-13,16H,5-8H2,1-2H3,(H,25,27)(H,23,24,26). The van der Waals surface area contributed by atoms with Crippen LogP contribution in [0, 0.1) is 0 Å². The van der Waals surface area contributed by atoms with Crippen LogP contribution in [0.3, 0.4) is 0 Å². The van der Waals surface area contributed by atoms with Crippen LogP contribution in [0.15, 0.2) is 42.9 Å². The third kappa shape index (κ3) is 3.61. The predicted octanol–water partition coefficient (Wildman–Crippen LogP) is 3.73. The highest BCUT2D eigenvalue weighted by atomic mass is 16.5. The summed E-state index contributed by atoms with van der Waals surface area (Å²) in [6.07, 6.45) is 5.50. The van der Waals surface area contributed by atoms with Crippen LogP contribution in [0.5, 0.6) is 11.5 Å². The summed E-state index contributed by atoms with van der Waals surface area (Å²) in [5.41, 5.74) is 2.69. The van der Waals surface area contributed by atoms with Crippen LogP contribution >= 0.6 is 0 Å². The van der Waals surface area contributed by atoms with Crippen molar-refractivity contribution >= 4 is 33.3 Å². The second-order valence-corrected chi connectivity index (χ2v) is 7.66. The first-order valence-electron chi connectivity index (χ1n) is 10.1. The van der Waals surface area contributed by atoms with E-state index in [-0.39, 0.29) is 6.10 Å². The van der Waals surface area contributed by atoms with Gasteiger partial charge in [-0.25, -0.2) is 9.97 Å². The number of H-pyrrole nitrogens is 1.